The summed E-state index contributed by atoms with van der Waals surface area (Å²) in [5, 5.41) is 0. The fraction of sp³-hybridized carbons (Fsp3) is 1.00. The van der Waals surface area contributed by atoms with Crippen LogP contribution in [0.2, 0.25) is 0 Å². The lowest BCUT2D eigenvalue weighted by molar-refractivity contribution is -0.0988. The van der Waals surface area contributed by atoms with Gasteiger partial charge in [-0.25, -0.2) is 0 Å². The van der Waals surface area contributed by atoms with Crippen molar-refractivity contribution in [3.63, 3.8) is 0 Å². The van der Waals surface area contributed by atoms with Gasteiger partial charge in [-0.2, -0.15) is 0 Å². The van der Waals surface area contributed by atoms with Crippen LogP contribution in [0.5, 0.6) is 0 Å². The summed E-state index contributed by atoms with van der Waals surface area (Å²) in [4.78, 5) is 0. The molecule has 0 rings (SSSR count). The summed E-state index contributed by atoms with van der Waals surface area (Å²) in [6.07, 6.45) is 2.58. The van der Waals surface area contributed by atoms with E-state index in [1.165, 1.54) is 12.8 Å². The van der Waals surface area contributed by atoms with Gasteiger partial charge in [-0.05, 0) is 28.1 Å². The molecule has 0 heteroatoms. The van der Waals surface area contributed by atoms with Crippen LogP contribution in [0.15, 0.2) is 0 Å². The number of rotatable bonds is 3. The Labute approximate surface area is 104 Å². The monoisotopic (exact) mass is 226 g/mol. The van der Waals surface area contributed by atoms with Gasteiger partial charge in [-0.15, -0.1) is 0 Å². The molecule has 0 aliphatic rings. The van der Waals surface area contributed by atoms with Gasteiger partial charge in [0.25, 0.3) is 0 Å². The van der Waals surface area contributed by atoms with E-state index in [0.717, 1.165) is 0 Å². The first-order valence-corrected chi connectivity index (χ1v) is 6.81. The van der Waals surface area contributed by atoms with Gasteiger partial charge in [0.05, 0.1) is 0 Å². The smallest absolute Gasteiger partial charge is 0.0221 e. The molecule has 0 aromatic rings. The SMILES string of the molecule is CCCC(C)(C(C)(C)C)C(C)(C)C(C)(C)C. The van der Waals surface area contributed by atoms with E-state index >= 15 is 0 Å². The van der Waals surface area contributed by atoms with Gasteiger partial charge in [0.2, 0.25) is 0 Å². The average Bonchev–Trinajstić information content (AvgIpc) is 1.99. The molecule has 0 heterocycles. The first-order chi connectivity index (χ1) is 6.81. The summed E-state index contributed by atoms with van der Waals surface area (Å²) in [6, 6.07) is 0. The second-order valence-electron chi connectivity index (χ2n) is 8.21. The maximum Gasteiger partial charge on any atom is -0.0221 e. The molecule has 1 unspecified atom stereocenters. The Morgan fingerprint density at radius 3 is 1.19 bits per heavy atom. The van der Waals surface area contributed by atoms with E-state index in [-0.39, 0.29) is 0 Å². The van der Waals surface area contributed by atoms with Crippen molar-refractivity contribution in [3.8, 4) is 0 Å². The molecular formula is C16H34. The first kappa shape index (κ1) is 16.0. The van der Waals surface area contributed by atoms with Gasteiger partial charge in [-0.1, -0.05) is 75.7 Å². The minimum absolute atomic E-state index is 0.328. The van der Waals surface area contributed by atoms with E-state index in [1.54, 1.807) is 0 Å². The standard InChI is InChI=1S/C16H34/c1-11-12-16(10,14(5,6)7)15(8,9)13(2,3)4/h11-12H2,1-10H3. The molecule has 0 bridgehead atoms. The molecule has 0 aromatic carbocycles. The maximum absolute atomic E-state index is 2.49. The second kappa shape index (κ2) is 4.35. The minimum atomic E-state index is 0.328. The third-order valence-corrected chi connectivity index (χ3v) is 5.66. The van der Waals surface area contributed by atoms with E-state index in [4.69, 9.17) is 0 Å². The molecular weight excluding hydrogens is 192 g/mol. The molecule has 0 radical (unpaired) electrons. The fourth-order valence-corrected chi connectivity index (χ4v) is 2.95. The van der Waals surface area contributed by atoms with Gasteiger partial charge in [-0.3, -0.25) is 0 Å². The van der Waals surface area contributed by atoms with Crippen LogP contribution in [-0.4, -0.2) is 0 Å². The van der Waals surface area contributed by atoms with Gasteiger partial charge in [0, 0.05) is 0 Å². The number of hydrogen-bond acceptors (Lipinski definition) is 0. The van der Waals surface area contributed by atoms with Crippen molar-refractivity contribution in [2.45, 2.75) is 82.1 Å². The molecule has 0 nitrogen and oxygen atoms in total. The van der Waals surface area contributed by atoms with Crippen LogP contribution in [-0.2, 0) is 0 Å². The maximum atomic E-state index is 2.49. The van der Waals surface area contributed by atoms with Crippen molar-refractivity contribution in [3.05, 3.63) is 0 Å². The van der Waals surface area contributed by atoms with Crippen LogP contribution >= 0.6 is 0 Å². The van der Waals surface area contributed by atoms with Crippen molar-refractivity contribution in [1.29, 1.82) is 0 Å². The van der Waals surface area contributed by atoms with Crippen LogP contribution in [0.1, 0.15) is 82.1 Å². The molecule has 16 heavy (non-hydrogen) atoms. The predicted molar refractivity (Wildman–Crippen MR) is 75.7 cm³/mol. The lowest BCUT2D eigenvalue weighted by Crippen LogP contribution is -2.51. The molecule has 0 amide bonds. The fourth-order valence-electron chi connectivity index (χ4n) is 2.95. The van der Waals surface area contributed by atoms with E-state index < -0.39 is 0 Å². The van der Waals surface area contributed by atoms with Crippen LogP contribution < -0.4 is 0 Å². The average molecular weight is 226 g/mol. The Morgan fingerprint density at radius 2 is 1.00 bits per heavy atom. The zero-order valence-electron chi connectivity index (χ0n) is 13.4. The number of hydrogen-bond donors (Lipinski definition) is 0. The molecule has 0 saturated heterocycles. The largest absolute Gasteiger partial charge is 0.0654 e. The van der Waals surface area contributed by atoms with Crippen molar-refractivity contribution in [2.24, 2.45) is 21.7 Å². The normalized spacial score (nSPS) is 18.4. The van der Waals surface area contributed by atoms with Gasteiger partial charge in [0.15, 0.2) is 0 Å². The van der Waals surface area contributed by atoms with Crippen molar-refractivity contribution in [2.75, 3.05) is 0 Å². The molecule has 1 atom stereocenters. The third kappa shape index (κ3) is 2.46. The van der Waals surface area contributed by atoms with Crippen LogP contribution in [0.3, 0.4) is 0 Å². The molecule has 0 spiro atoms. The van der Waals surface area contributed by atoms with Gasteiger partial charge >= 0.3 is 0 Å². The molecule has 0 aliphatic heterocycles. The summed E-state index contributed by atoms with van der Waals surface area (Å²) in [5.41, 5.74) is 1.38. The Hall–Kier alpha value is 0. The Kier molecular flexibility index (Phi) is 4.35. The summed E-state index contributed by atoms with van der Waals surface area (Å²) >= 11 is 0. The van der Waals surface area contributed by atoms with Crippen molar-refractivity contribution in [1.82, 2.24) is 0 Å². The summed E-state index contributed by atoms with van der Waals surface area (Å²) < 4.78 is 0. The lowest BCUT2D eigenvalue weighted by Gasteiger charge is -2.59. The molecule has 0 aromatic heterocycles. The molecule has 0 N–H and O–H groups in total. The zero-order valence-corrected chi connectivity index (χ0v) is 13.4. The highest BCUT2D eigenvalue weighted by molar-refractivity contribution is 5.02. The molecule has 98 valence electrons. The predicted octanol–water partition coefficient (Wildman–Crippen LogP) is 5.91. The van der Waals surface area contributed by atoms with E-state index in [9.17, 15) is 0 Å². The highest BCUT2D eigenvalue weighted by Gasteiger charge is 2.53. The molecule has 0 saturated carbocycles. The van der Waals surface area contributed by atoms with Crippen molar-refractivity contribution >= 4 is 0 Å². The molecule has 0 fully saturated rings. The van der Waals surface area contributed by atoms with Crippen molar-refractivity contribution < 1.29 is 0 Å². The Bertz CT molecular complexity index is 221. The summed E-state index contributed by atoms with van der Waals surface area (Å²) in [6.45, 7) is 24.0. The molecule has 0 aliphatic carbocycles. The zero-order chi connectivity index (χ0) is 13.4. The van der Waals surface area contributed by atoms with E-state index in [2.05, 4.69) is 69.2 Å². The van der Waals surface area contributed by atoms with E-state index in [0.29, 0.717) is 21.7 Å². The summed E-state index contributed by atoms with van der Waals surface area (Å²) in [5.74, 6) is 0. The highest BCUT2D eigenvalue weighted by atomic mass is 14.6. The minimum Gasteiger partial charge on any atom is -0.0654 e. The lowest BCUT2D eigenvalue weighted by atomic mass is 9.46. The third-order valence-electron chi connectivity index (χ3n) is 5.66. The second-order valence-corrected chi connectivity index (χ2v) is 8.21. The topological polar surface area (TPSA) is 0 Å². The summed E-state index contributed by atoms with van der Waals surface area (Å²) in [7, 11) is 0. The Morgan fingerprint density at radius 1 is 0.625 bits per heavy atom. The quantitative estimate of drug-likeness (QED) is 0.561. The van der Waals surface area contributed by atoms with Crippen LogP contribution in [0, 0.1) is 21.7 Å². The van der Waals surface area contributed by atoms with Gasteiger partial charge < -0.3 is 0 Å². The van der Waals surface area contributed by atoms with Crippen LogP contribution in [0.25, 0.3) is 0 Å². The first-order valence-electron chi connectivity index (χ1n) is 6.81. The van der Waals surface area contributed by atoms with E-state index in [1.807, 2.05) is 0 Å². The Balaban J connectivity index is 5.54. The van der Waals surface area contributed by atoms with Gasteiger partial charge in [0.1, 0.15) is 0 Å². The van der Waals surface area contributed by atoms with Crippen LogP contribution in [0.4, 0.5) is 0 Å². The highest BCUT2D eigenvalue weighted by Crippen LogP contribution is 2.60.